The van der Waals surface area contributed by atoms with Crippen LogP contribution in [0, 0.1) is 0 Å². The third kappa shape index (κ3) is 7.20. The molecule has 3 rings (SSSR count). The van der Waals surface area contributed by atoms with Crippen molar-refractivity contribution in [3.8, 4) is 0 Å². The molecule has 0 saturated carbocycles. The number of amides is 1. The van der Waals surface area contributed by atoms with Crippen molar-refractivity contribution in [1.82, 2.24) is 20.0 Å². The second-order valence-electron chi connectivity index (χ2n) is 8.46. The zero-order chi connectivity index (χ0) is 21.7. The van der Waals surface area contributed by atoms with Crippen molar-refractivity contribution >= 4 is 41.5 Å². The number of piperazine rings is 1. The molecule has 0 atom stereocenters. The van der Waals surface area contributed by atoms with Crippen LogP contribution in [0.1, 0.15) is 31.9 Å². The number of guanidine groups is 1. The molecule has 9 heteroatoms. The fourth-order valence-electron chi connectivity index (χ4n) is 3.32. The molecule has 1 N–H and O–H groups in total. The van der Waals surface area contributed by atoms with Gasteiger partial charge >= 0.3 is 0 Å². The Hall–Kier alpha value is -2.14. The van der Waals surface area contributed by atoms with Crippen molar-refractivity contribution < 1.29 is 9.53 Å². The fraction of sp³-hybridized carbons (Fsp3) is 0.500. The van der Waals surface area contributed by atoms with Crippen LogP contribution in [0.4, 0.5) is 5.69 Å². The van der Waals surface area contributed by atoms with Crippen molar-refractivity contribution in [2.24, 2.45) is 12.0 Å². The first kappa shape index (κ1) is 25.1. The number of aromatic nitrogens is 2. The topological polar surface area (TPSA) is 75.0 Å². The number of benzene rings is 1. The SMILES string of the molecule is CN=C(NCc1cccc(COC(C)(C)C)c1)N1CCN(c2cnn(C)c2)C(=O)C1.I. The summed E-state index contributed by atoms with van der Waals surface area (Å²) in [5, 5.41) is 7.54. The minimum atomic E-state index is -0.166. The van der Waals surface area contributed by atoms with Crippen LogP contribution in [0.2, 0.25) is 0 Å². The van der Waals surface area contributed by atoms with E-state index < -0.39 is 0 Å². The molecule has 2 aromatic rings. The van der Waals surface area contributed by atoms with Crippen LogP contribution in [0.5, 0.6) is 0 Å². The first-order valence-electron chi connectivity index (χ1n) is 10.2. The predicted molar refractivity (Wildman–Crippen MR) is 134 cm³/mol. The maximum Gasteiger partial charge on any atom is 0.246 e. The third-order valence-electron chi connectivity index (χ3n) is 4.85. The molecule has 0 radical (unpaired) electrons. The summed E-state index contributed by atoms with van der Waals surface area (Å²) < 4.78 is 7.58. The quantitative estimate of drug-likeness (QED) is 0.359. The largest absolute Gasteiger partial charge is 0.371 e. The third-order valence-corrected chi connectivity index (χ3v) is 4.85. The van der Waals surface area contributed by atoms with Crippen molar-refractivity contribution in [1.29, 1.82) is 0 Å². The van der Waals surface area contributed by atoms with Gasteiger partial charge < -0.3 is 19.9 Å². The average Bonchev–Trinajstić information content (AvgIpc) is 3.13. The summed E-state index contributed by atoms with van der Waals surface area (Å²) in [5.41, 5.74) is 2.95. The zero-order valence-corrected chi connectivity index (χ0v) is 21.3. The highest BCUT2D eigenvalue weighted by Gasteiger charge is 2.27. The van der Waals surface area contributed by atoms with Crippen molar-refractivity contribution in [3.05, 3.63) is 47.8 Å². The molecule has 1 aliphatic rings. The first-order chi connectivity index (χ1) is 14.2. The van der Waals surface area contributed by atoms with Gasteiger partial charge in [-0.15, -0.1) is 24.0 Å². The molecule has 31 heavy (non-hydrogen) atoms. The number of carbonyl (C=O) groups is 1. The Bertz CT molecular complexity index is 905. The van der Waals surface area contributed by atoms with Gasteiger partial charge in [0.25, 0.3) is 0 Å². The highest BCUT2D eigenvalue weighted by atomic mass is 127. The van der Waals surface area contributed by atoms with Gasteiger partial charge in [0.05, 0.1) is 24.1 Å². The second kappa shape index (κ2) is 10.9. The molecule has 170 valence electrons. The maximum atomic E-state index is 12.7. The fourth-order valence-corrected chi connectivity index (χ4v) is 3.32. The molecular weight excluding hydrogens is 507 g/mol. The highest BCUT2D eigenvalue weighted by molar-refractivity contribution is 14.0. The molecule has 0 spiro atoms. The molecule has 1 aromatic carbocycles. The molecule has 8 nitrogen and oxygen atoms in total. The standard InChI is InChI=1S/C22H32N6O2.HI/c1-22(2,3)30-16-18-8-6-7-17(11-18)12-24-21(23-4)27-9-10-28(20(29)15-27)19-13-25-26(5)14-19;/h6-8,11,13-14H,9-10,12,15-16H2,1-5H3,(H,23,24);1H. The molecule has 1 aliphatic heterocycles. The summed E-state index contributed by atoms with van der Waals surface area (Å²) in [7, 11) is 3.59. The number of aryl methyl sites for hydroxylation is 1. The molecule has 1 saturated heterocycles. The normalized spacial score (nSPS) is 15.1. The van der Waals surface area contributed by atoms with Crippen LogP contribution < -0.4 is 10.2 Å². The Morgan fingerprint density at radius 1 is 1.26 bits per heavy atom. The molecule has 1 amide bonds. The number of ether oxygens (including phenoxy) is 1. The first-order valence-corrected chi connectivity index (χ1v) is 10.2. The second-order valence-corrected chi connectivity index (χ2v) is 8.46. The van der Waals surface area contributed by atoms with E-state index in [2.05, 4.69) is 54.4 Å². The number of hydrogen-bond donors (Lipinski definition) is 1. The van der Waals surface area contributed by atoms with E-state index in [1.807, 2.05) is 24.2 Å². The van der Waals surface area contributed by atoms with Gasteiger partial charge in [-0.3, -0.25) is 14.5 Å². The summed E-state index contributed by atoms with van der Waals surface area (Å²) in [6, 6.07) is 8.32. The Balaban J connectivity index is 0.00000341. The van der Waals surface area contributed by atoms with Gasteiger partial charge in [-0.2, -0.15) is 5.10 Å². The summed E-state index contributed by atoms with van der Waals surface area (Å²) in [5.74, 6) is 0.768. The lowest BCUT2D eigenvalue weighted by atomic mass is 10.1. The van der Waals surface area contributed by atoms with Crippen LogP contribution in [0.3, 0.4) is 0 Å². The van der Waals surface area contributed by atoms with E-state index in [1.165, 1.54) is 0 Å². The predicted octanol–water partition coefficient (Wildman–Crippen LogP) is 2.78. The minimum Gasteiger partial charge on any atom is -0.371 e. The number of nitrogens with one attached hydrogen (secondary N) is 1. The van der Waals surface area contributed by atoms with E-state index in [1.54, 1.807) is 22.8 Å². The smallest absolute Gasteiger partial charge is 0.246 e. The van der Waals surface area contributed by atoms with E-state index in [-0.39, 0.29) is 42.0 Å². The molecule has 2 heterocycles. The zero-order valence-electron chi connectivity index (χ0n) is 19.0. The summed E-state index contributed by atoms with van der Waals surface area (Å²) in [4.78, 5) is 20.8. The highest BCUT2D eigenvalue weighted by Crippen LogP contribution is 2.16. The molecular formula is C22H33IN6O2. The van der Waals surface area contributed by atoms with Crippen molar-refractivity contribution in [2.75, 3.05) is 31.6 Å². The van der Waals surface area contributed by atoms with Gasteiger partial charge in [-0.05, 0) is 31.9 Å². The van der Waals surface area contributed by atoms with Gasteiger partial charge in [0.15, 0.2) is 5.96 Å². The van der Waals surface area contributed by atoms with E-state index in [9.17, 15) is 4.79 Å². The van der Waals surface area contributed by atoms with Crippen LogP contribution >= 0.6 is 24.0 Å². The van der Waals surface area contributed by atoms with Gasteiger partial charge in [0, 0.05) is 39.9 Å². The van der Waals surface area contributed by atoms with Gasteiger partial charge in [-0.1, -0.05) is 24.3 Å². The van der Waals surface area contributed by atoms with Gasteiger partial charge in [-0.25, -0.2) is 0 Å². The number of anilines is 1. The monoisotopic (exact) mass is 540 g/mol. The number of halogens is 1. The Morgan fingerprint density at radius 2 is 2.00 bits per heavy atom. The molecule has 0 unspecified atom stereocenters. The summed E-state index contributed by atoms with van der Waals surface area (Å²) in [6.07, 6.45) is 3.58. The van der Waals surface area contributed by atoms with E-state index in [0.29, 0.717) is 26.2 Å². The lowest BCUT2D eigenvalue weighted by molar-refractivity contribution is -0.120. The van der Waals surface area contributed by atoms with Crippen LogP contribution in [0.15, 0.2) is 41.7 Å². The lowest BCUT2D eigenvalue weighted by Crippen LogP contribution is -2.55. The van der Waals surface area contributed by atoms with Crippen LogP contribution in [-0.2, 0) is 29.7 Å². The van der Waals surface area contributed by atoms with Crippen LogP contribution in [-0.4, -0.2) is 58.8 Å². The number of nitrogens with zero attached hydrogens (tertiary/aromatic N) is 5. The summed E-state index contributed by atoms with van der Waals surface area (Å²) >= 11 is 0. The molecule has 0 bridgehead atoms. The van der Waals surface area contributed by atoms with Crippen molar-refractivity contribution in [2.45, 2.75) is 39.5 Å². The maximum absolute atomic E-state index is 12.7. The minimum absolute atomic E-state index is 0. The van der Waals surface area contributed by atoms with E-state index in [4.69, 9.17) is 4.74 Å². The molecule has 1 aromatic heterocycles. The number of carbonyl (C=O) groups excluding carboxylic acids is 1. The molecule has 1 fully saturated rings. The van der Waals surface area contributed by atoms with Crippen LogP contribution in [0.25, 0.3) is 0 Å². The van der Waals surface area contributed by atoms with Gasteiger partial charge in [0.1, 0.15) is 6.54 Å². The van der Waals surface area contributed by atoms with Gasteiger partial charge in [0.2, 0.25) is 5.91 Å². The number of hydrogen-bond acceptors (Lipinski definition) is 4. The Kier molecular flexibility index (Phi) is 8.87. The average molecular weight is 540 g/mol. The summed E-state index contributed by atoms with van der Waals surface area (Å²) in [6.45, 7) is 8.97. The van der Waals surface area contributed by atoms with E-state index >= 15 is 0 Å². The Morgan fingerprint density at radius 3 is 2.61 bits per heavy atom. The van der Waals surface area contributed by atoms with E-state index in [0.717, 1.165) is 22.8 Å². The Labute approximate surface area is 201 Å². The van der Waals surface area contributed by atoms with Crippen molar-refractivity contribution in [3.63, 3.8) is 0 Å². The molecule has 0 aliphatic carbocycles. The number of rotatable bonds is 5. The number of aliphatic imine (C=N–C) groups is 1. The lowest BCUT2D eigenvalue weighted by Gasteiger charge is -2.35.